The van der Waals surface area contributed by atoms with E-state index in [1.165, 1.54) is 37.3 Å². The smallest absolute Gasteiger partial charge is 0.264 e. The van der Waals surface area contributed by atoms with Gasteiger partial charge in [-0.3, -0.25) is 13.9 Å². The number of nitrogens with zero attached hydrogens (tertiary/aromatic N) is 2. The fourth-order valence-electron chi connectivity index (χ4n) is 4.57. The van der Waals surface area contributed by atoms with E-state index in [1.807, 2.05) is 27.7 Å². The lowest BCUT2D eigenvalue weighted by Gasteiger charge is -2.33. The Morgan fingerprint density at radius 1 is 0.860 bits per heavy atom. The van der Waals surface area contributed by atoms with E-state index >= 15 is 0 Å². The minimum atomic E-state index is -4.23. The summed E-state index contributed by atoms with van der Waals surface area (Å²) in [5, 5.41) is 2.89. The van der Waals surface area contributed by atoms with E-state index in [0.717, 1.165) is 15.4 Å². The van der Waals surface area contributed by atoms with Crippen LogP contribution in [0.2, 0.25) is 0 Å². The largest absolute Gasteiger partial charge is 0.497 e. The minimum Gasteiger partial charge on any atom is -0.497 e. The third-order valence-corrected chi connectivity index (χ3v) is 8.66. The summed E-state index contributed by atoms with van der Waals surface area (Å²) >= 11 is 0. The number of ether oxygens (including phenoxy) is 3. The van der Waals surface area contributed by atoms with Crippen molar-refractivity contribution in [2.45, 2.75) is 57.6 Å². The zero-order chi connectivity index (χ0) is 31.7. The Bertz CT molecular complexity index is 1490. The van der Waals surface area contributed by atoms with Crippen molar-refractivity contribution in [3.63, 3.8) is 0 Å². The average Bonchev–Trinajstić information content (AvgIpc) is 2.99. The number of methoxy groups -OCH3 is 3. The maximum absolute atomic E-state index is 14.2. The molecule has 0 aliphatic carbocycles. The van der Waals surface area contributed by atoms with E-state index in [4.69, 9.17) is 14.2 Å². The third-order valence-electron chi connectivity index (χ3n) is 6.87. The van der Waals surface area contributed by atoms with E-state index in [-0.39, 0.29) is 29.1 Å². The summed E-state index contributed by atoms with van der Waals surface area (Å²) in [7, 11) is 0.260. The molecule has 0 unspecified atom stereocenters. The highest BCUT2D eigenvalue weighted by molar-refractivity contribution is 7.92. The molecule has 1 atom stereocenters. The van der Waals surface area contributed by atoms with Gasteiger partial charge in [0.15, 0.2) is 11.5 Å². The summed E-state index contributed by atoms with van der Waals surface area (Å²) in [6, 6.07) is 17.2. The van der Waals surface area contributed by atoms with Crippen molar-refractivity contribution in [3.8, 4) is 17.2 Å². The van der Waals surface area contributed by atoms with Crippen molar-refractivity contribution >= 4 is 27.5 Å². The summed E-state index contributed by atoms with van der Waals surface area (Å²) in [4.78, 5) is 29.0. The predicted molar refractivity (Wildman–Crippen MR) is 166 cm³/mol. The molecule has 232 valence electrons. The SMILES string of the molecule is CC[C@H](C(=O)NC(C)C)N(Cc1ccc(OC)cc1)C(=O)CN(c1ccc(OC)c(OC)c1)S(=O)(=O)c1ccc(C)cc1. The first-order valence-corrected chi connectivity index (χ1v) is 15.4. The van der Waals surface area contributed by atoms with E-state index < -0.39 is 28.5 Å². The molecule has 0 spiro atoms. The topological polar surface area (TPSA) is 114 Å². The lowest BCUT2D eigenvalue weighted by Crippen LogP contribution is -2.53. The van der Waals surface area contributed by atoms with Gasteiger partial charge in [-0.2, -0.15) is 0 Å². The van der Waals surface area contributed by atoms with Crippen LogP contribution in [0.1, 0.15) is 38.3 Å². The maximum atomic E-state index is 14.2. The second-order valence-electron chi connectivity index (χ2n) is 10.3. The summed E-state index contributed by atoms with van der Waals surface area (Å²) in [5.74, 6) is 0.484. The molecule has 0 saturated heterocycles. The highest BCUT2D eigenvalue weighted by Crippen LogP contribution is 2.34. The predicted octanol–water partition coefficient (Wildman–Crippen LogP) is 4.55. The molecule has 11 heteroatoms. The van der Waals surface area contributed by atoms with Crippen LogP contribution in [-0.4, -0.2) is 65.1 Å². The lowest BCUT2D eigenvalue weighted by atomic mass is 10.1. The van der Waals surface area contributed by atoms with Gasteiger partial charge in [0.1, 0.15) is 18.3 Å². The third kappa shape index (κ3) is 8.19. The van der Waals surface area contributed by atoms with Crippen molar-refractivity contribution < 1.29 is 32.2 Å². The van der Waals surface area contributed by atoms with Crippen molar-refractivity contribution in [3.05, 3.63) is 77.9 Å². The molecule has 0 aliphatic heterocycles. The van der Waals surface area contributed by atoms with Crippen LogP contribution < -0.4 is 23.8 Å². The van der Waals surface area contributed by atoms with Crippen LogP contribution in [-0.2, 0) is 26.2 Å². The fourth-order valence-corrected chi connectivity index (χ4v) is 5.98. The standard InChI is InChI=1S/C32H41N3O7S/c1-8-28(32(37)33-22(2)3)34(20-24-11-14-26(40-5)15-12-24)31(36)21-35(25-13-18-29(41-6)30(19-25)42-7)43(38,39)27-16-9-23(4)10-17-27/h9-19,22,28H,8,20-21H2,1-7H3,(H,33,37)/t28-/m1/s1. The summed E-state index contributed by atoms with van der Waals surface area (Å²) in [6.07, 6.45) is 0.321. The zero-order valence-electron chi connectivity index (χ0n) is 25.8. The number of nitrogens with one attached hydrogen (secondary N) is 1. The van der Waals surface area contributed by atoms with Gasteiger partial charge >= 0.3 is 0 Å². The van der Waals surface area contributed by atoms with E-state index in [0.29, 0.717) is 23.7 Å². The Kier molecular flexibility index (Phi) is 11.4. The van der Waals surface area contributed by atoms with Crippen LogP contribution in [0.3, 0.4) is 0 Å². The summed E-state index contributed by atoms with van der Waals surface area (Å²) in [5.41, 5.74) is 1.85. The zero-order valence-corrected chi connectivity index (χ0v) is 26.6. The molecular formula is C32H41N3O7S. The Morgan fingerprint density at radius 2 is 1.49 bits per heavy atom. The first kappa shape index (κ1) is 33.3. The highest BCUT2D eigenvalue weighted by Gasteiger charge is 2.34. The molecule has 0 fully saturated rings. The lowest BCUT2D eigenvalue weighted by molar-refractivity contribution is -0.140. The van der Waals surface area contributed by atoms with Crippen molar-refractivity contribution in [2.75, 3.05) is 32.2 Å². The molecule has 1 N–H and O–H groups in total. The Labute approximate surface area is 254 Å². The molecule has 3 aromatic carbocycles. The number of benzene rings is 3. The number of sulfonamides is 1. The van der Waals surface area contributed by atoms with E-state index in [2.05, 4.69) is 5.32 Å². The maximum Gasteiger partial charge on any atom is 0.264 e. The van der Waals surface area contributed by atoms with Crippen LogP contribution >= 0.6 is 0 Å². The molecule has 0 heterocycles. The molecule has 0 radical (unpaired) electrons. The molecule has 0 aromatic heterocycles. The molecule has 0 bridgehead atoms. The van der Waals surface area contributed by atoms with Gasteiger partial charge in [-0.05, 0) is 69.2 Å². The van der Waals surface area contributed by atoms with Gasteiger partial charge in [-0.25, -0.2) is 8.42 Å². The molecule has 0 saturated carbocycles. The average molecular weight is 612 g/mol. The molecular weight excluding hydrogens is 570 g/mol. The van der Waals surface area contributed by atoms with Gasteiger partial charge in [0, 0.05) is 18.7 Å². The molecule has 43 heavy (non-hydrogen) atoms. The number of amides is 2. The van der Waals surface area contributed by atoms with E-state index in [1.54, 1.807) is 55.6 Å². The quantitative estimate of drug-likeness (QED) is 0.285. The van der Waals surface area contributed by atoms with Gasteiger partial charge in [-0.15, -0.1) is 0 Å². The first-order valence-electron chi connectivity index (χ1n) is 14.0. The van der Waals surface area contributed by atoms with Gasteiger partial charge in [-0.1, -0.05) is 36.8 Å². The van der Waals surface area contributed by atoms with Crippen LogP contribution in [0.25, 0.3) is 0 Å². The Morgan fingerprint density at radius 3 is 2.02 bits per heavy atom. The molecule has 3 aromatic rings. The second kappa shape index (κ2) is 14.8. The van der Waals surface area contributed by atoms with Gasteiger partial charge in [0.05, 0.1) is 31.9 Å². The Balaban J connectivity index is 2.11. The molecule has 10 nitrogen and oxygen atoms in total. The minimum absolute atomic E-state index is 0.0204. The number of hydrogen-bond acceptors (Lipinski definition) is 7. The highest BCUT2D eigenvalue weighted by atomic mass is 32.2. The normalized spacial score (nSPS) is 11.9. The number of rotatable bonds is 14. The van der Waals surface area contributed by atoms with Crippen LogP contribution in [0, 0.1) is 6.92 Å². The van der Waals surface area contributed by atoms with Crippen LogP contribution in [0.15, 0.2) is 71.6 Å². The number of carbonyl (C=O) groups excluding carboxylic acids is 2. The van der Waals surface area contributed by atoms with Gasteiger partial charge in [0.2, 0.25) is 11.8 Å². The van der Waals surface area contributed by atoms with Crippen LogP contribution in [0.5, 0.6) is 17.2 Å². The van der Waals surface area contributed by atoms with Gasteiger partial charge < -0.3 is 24.4 Å². The fraction of sp³-hybridized carbons (Fsp3) is 0.375. The van der Waals surface area contributed by atoms with Gasteiger partial charge in [0.25, 0.3) is 10.0 Å². The Hall–Kier alpha value is -4.25. The number of aryl methyl sites for hydroxylation is 1. The molecule has 3 rings (SSSR count). The van der Waals surface area contributed by atoms with Crippen molar-refractivity contribution in [2.24, 2.45) is 0 Å². The first-order chi connectivity index (χ1) is 20.4. The number of hydrogen-bond donors (Lipinski definition) is 1. The summed E-state index contributed by atoms with van der Waals surface area (Å²) < 4.78 is 45.3. The molecule has 0 aliphatic rings. The van der Waals surface area contributed by atoms with E-state index in [9.17, 15) is 18.0 Å². The number of carbonyl (C=O) groups is 2. The molecule has 2 amide bonds. The monoisotopic (exact) mass is 611 g/mol. The summed E-state index contributed by atoms with van der Waals surface area (Å²) in [6.45, 7) is 6.87. The van der Waals surface area contributed by atoms with Crippen molar-refractivity contribution in [1.29, 1.82) is 0 Å². The second-order valence-corrected chi connectivity index (χ2v) is 12.2. The number of anilines is 1. The van der Waals surface area contributed by atoms with Crippen molar-refractivity contribution in [1.82, 2.24) is 10.2 Å². The van der Waals surface area contributed by atoms with Crippen LogP contribution in [0.4, 0.5) is 5.69 Å².